The second-order valence-electron chi connectivity index (χ2n) is 5.32. The number of benzene rings is 2. The Morgan fingerprint density at radius 2 is 1.83 bits per heavy atom. The van der Waals surface area contributed by atoms with Crippen LogP contribution in [0.5, 0.6) is 5.75 Å². The van der Waals surface area contributed by atoms with Gasteiger partial charge in [-0.05, 0) is 31.2 Å². The molecule has 0 bridgehead atoms. The molecule has 3 aromatic rings. The van der Waals surface area contributed by atoms with Crippen LogP contribution in [0.15, 0.2) is 54.6 Å². The van der Waals surface area contributed by atoms with Crippen molar-refractivity contribution in [2.75, 3.05) is 12.4 Å². The number of carbonyl (C=O) groups is 1. The van der Waals surface area contributed by atoms with Gasteiger partial charge in [0, 0.05) is 10.6 Å². The van der Waals surface area contributed by atoms with E-state index in [4.69, 9.17) is 4.74 Å². The van der Waals surface area contributed by atoms with Gasteiger partial charge in [-0.3, -0.25) is 4.79 Å². The Hall–Kier alpha value is -2.66. The maximum Gasteiger partial charge on any atom is 0.229 e. The van der Waals surface area contributed by atoms with Crippen molar-refractivity contribution in [1.82, 2.24) is 4.98 Å². The van der Waals surface area contributed by atoms with Crippen molar-refractivity contribution in [2.45, 2.75) is 13.3 Å². The highest BCUT2D eigenvalue weighted by atomic mass is 32.1. The van der Waals surface area contributed by atoms with Crippen LogP contribution in [-0.2, 0) is 11.2 Å². The molecular formula is C19H18N2O2S. The van der Waals surface area contributed by atoms with Crippen molar-refractivity contribution in [3.8, 4) is 16.3 Å². The third kappa shape index (κ3) is 3.63. The zero-order valence-corrected chi connectivity index (χ0v) is 14.4. The van der Waals surface area contributed by atoms with Gasteiger partial charge in [0.2, 0.25) is 5.91 Å². The third-order valence-corrected chi connectivity index (χ3v) is 4.80. The largest absolute Gasteiger partial charge is 0.496 e. The molecule has 0 aliphatic carbocycles. The Bertz CT molecular complexity index is 844. The van der Waals surface area contributed by atoms with Crippen LogP contribution in [0.4, 0.5) is 5.69 Å². The fourth-order valence-electron chi connectivity index (χ4n) is 2.40. The molecule has 1 N–H and O–H groups in total. The van der Waals surface area contributed by atoms with E-state index in [-0.39, 0.29) is 5.91 Å². The number of anilines is 1. The van der Waals surface area contributed by atoms with Crippen LogP contribution in [0, 0.1) is 6.92 Å². The molecule has 0 atom stereocenters. The Balaban J connectivity index is 1.78. The predicted molar refractivity (Wildman–Crippen MR) is 97.6 cm³/mol. The van der Waals surface area contributed by atoms with E-state index in [1.54, 1.807) is 7.11 Å². The molecule has 0 saturated carbocycles. The Morgan fingerprint density at radius 3 is 2.58 bits per heavy atom. The second-order valence-corrected chi connectivity index (χ2v) is 6.40. The lowest BCUT2D eigenvalue weighted by atomic mass is 10.2. The second kappa shape index (κ2) is 7.27. The first-order valence-electron chi connectivity index (χ1n) is 7.62. The van der Waals surface area contributed by atoms with Crippen LogP contribution in [-0.4, -0.2) is 18.0 Å². The quantitative estimate of drug-likeness (QED) is 0.754. The number of hydrogen-bond acceptors (Lipinski definition) is 4. The van der Waals surface area contributed by atoms with E-state index in [0.29, 0.717) is 6.42 Å². The van der Waals surface area contributed by atoms with Crippen molar-refractivity contribution in [3.05, 3.63) is 65.2 Å². The Kier molecular flexibility index (Phi) is 4.91. The lowest BCUT2D eigenvalue weighted by Gasteiger charge is -2.04. The van der Waals surface area contributed by atoms with E-state index in [2.05, 4.69) is 10.3 Å². The van der Waals surface area contributed by atoms with Gasteiger partial charge in [0.25, 0.3) is 0 Å². The van der Waals surface area contributed by atoms with Crippen LogP contribution < -0.4 is 10.1 Å². The van der Waals surface area contributed by atoms with Crippen molar-refractivity contribution >= 4 is 22.9 Å². The average molecular weight is 338 g/mol. The summed E-state index contributed by atoms with van der Waals surface area (Å²) in [6.07, 6.45) is 0.313. The summed E-state index contributed by atoms with van der Waals surface area (Å²) in [6, 6.07) is 17.2. The maximum atomic E-state index is 12.2. The monoisotopic (exact) mass is 338 g/mol. The SMILES string of the molecule is COc1ccccc1-c1nc(C)c(CC(=O)Nc2ccccc2)s1. The van der Waals surface area contributed by atoms with E-state index in [1.165, 1.54) is 11.3 Å². The summed E-state index contributed by atoms with van der Waals surface area (Å²) in [6.45, 7) is 1.93. The Morgan fingerprint density at radius 1 is 1.12 bits per heavy atom. The Labute approximate surface area is 145 Å². The fraction of sp³-hybridized carbons (Fsp3) is 0.158. The first-order valence-corrected chi connectivity index (χ1v) is 8.43. The highest BCUT2D eigenvalue weighted by Crippen LogP contribution is 2.34. The number of aryl methyl sites for hydroxylation is 1. The number of rotatable bonds is 5. The number of nitrogens with one attached hydrogen (secondary N) is 1. The van der Waals surface area contributed by atoms with Gasteiger partial charge in [0.15, 0.2) is 0 Å². The molecule has 0 saturated heterocycles. The zero-order valence-electron chi connectivity index (χ0n) is 13.6. The summed E-state index contributed by atoms with van der Waals surface area (Å²) in [5.41, 5.74) is 2.63. The molecule has 24 heavy (non-hydrogen) atoms. The smallest absolute Gasteiger partial charge is 0.229 e. The van der Waals surface area contributed by atoms with Crippen molar-refractivity contribution in [3.63, 3.8) is 0 Å². The molecule has 0 spiro atoms. The first-order chi connectivity index (χ1) is 11.7. The topological polar surface area (TPSA) is 51.2 Å². The number of hydrogen-bond donors (Lipinski definition) is 1. The van der Waals surface area contributed by atoms with Gasteiger partial charge in [-0.1, -0.05) is 30.3 Å². The van der Waals surface area contributed by atoms with E-state index in [0.717, 1.165) is 32.6 Å². The van der Waals surface area contributed by atoms with Crippen LogP contribution in [0.25, 0.3) is 10.6 Å². The third-order valence-electron chi connectivity index (χ3n) is 3.61. The predicted octanol–water partition coefficient (Wildman–Crippen LogP) is 4.31. The van der Waals surface area contributed by atoms with Gasteiger partial charge < -0.3 is 10.1 Å². The van der Waals surface area contributed by atoms with Crippen LogP contribution in [0.2, 0.25) is 0 Å². The van der Waals surface area contributed by atoms with Crippen LogP contribution in [0.3, 0.4) is 0 Å². The molecule has 1 aromatic heterocycles. The van der Waals surface area contributed by atoms with Gasteiger partial charge in [-0.2, -0.15) is 0 Å². The zero-order chi connectivity index (χ0) is 16.9. The van der Waals surface area contributed by atoms with Crippen LogP contribution >= 0.6 is 11.3 Å². The van der Waals surface area contributed by atoms with Crippen molar-refractivity contribution < 1.29 is 9.53 Å². The minimum absolute atomic E-state index is 0.0421. The summed E-state index contributed by atoms with van der Waals surface area (Å²) in [5, 5.41) is 3.77. The first kappa shape index (κ1) is 16.2. The number of carbonyl (C=O) groups excluding carboxylic acids is 1. The van der Waals surface area contributed by atoms with Crippen molar-refractivity contribution in [2.24, 2.45) is 0 Å². The molecule has 0 aliphatic rings. The van der Waals surface area contributed by atoms with Crippen molar-refractivity contribution in [1.29, 1.82) is 0 Å². The summed E-state index contributed by atoms with van der Waals surface area (Å²) in [5.74, 6) is 0.742. The molecule has 122 valence electrons. The molecule has 0 unspecified atom stereocenters. The maximum absolute atomic E-state index is 12.2. The molecule has 2 aromatic carbocycles. The van der Waals surface area contributed by atoms with Gasteiger partial charge in [0.1, 0.15) is 10.8 Å². The van der Waals surface area contributed by atoms with E-state index in [1.807, 2.05) is 61.5 Å². The normalized spacial score (nSPS) is 10.4. The molecule has 0 radical (unpaired) electrons. The van der Waals surface area contributed by atoms with Gasteiger partial charge in [-0.15, -0.1) is 11.3 Å². The average Bonchev–Trinajstić information content (AvgIpc) is 2.96. The molecule has 3 rings (SSSR count). The highest BCUT2D eigenvalue weighted by Gasteiger charge is 2.15. The fourth-order valence-corrected chi connectivity index (χ4v) is 3.49. The summed E-state index contributed by atoms with van der Waals surface area (Å²) in [7, 11) is 1.65. The minimum Gasteiger partial charge on any atom is -0.496 e. The van der Waals surface area contributed by atoms with Gasteiger partial charge in [-0.25, -0.2) is 4.98 Å². The summed E-state index contributed by atoms with van der Waals surface area (Å²) < 4.78 is 5.40. The number of aromatic nitrogens is 1. The molecule has 5 heteroatoms. The minimum atomic E-state index is -0.0421. The molecule has 0 fully saturated rings. The standard InChI is InChI=1S/C19H18N2O2S/c1-13-17(12-18(22)21-14-8-4-3-5-9-14)24-19(20-13)15-10-6-7-11-16(15)23-2/h3-11H,12H2,1-2H3,(H,21,22). The molecule has 4 nitrogen and oxygen atoms in total. The van der Waals surface area contributed by atoms with E-state index >= 15 is 0 Å². The number of amides is 1. The highest BCUT2D eigenvalue weighted by molar-refractivity contribution is 7.15. The van der Waals surface area contributed by atoms with Crippen LogP contribution in [0.1, 0.15) is 10.6 Å². The van der Waals surface area contributed by atoms with E-state index < -0.39 is 0 Å². The number of para-hydroxylation sites is 2. The number of thiazole rings is 1. The number of ether oxygens (including phenoxy) is 1. The molecular weight excluding hydrogens is 320 g/mol. The molecule has 1 amide bonds. The lowest BCUT2D eigenvalue weighted by Crippen LogP contribution is -2.14. The summed E-state index contributed by atoms with van der Waals surface area (Å²) >= 11 is 1.53. The number of methoxy groups -OCH3 is 1. The van der Waals surface area contributed by atoms with Gasteiger partial charge in [0.05, 0.1) is 24.8 Å². The molecule has 1 heterocycles. The lowest BCUT2D eigenvalue weighted by molar-refractivity contribution is -0.115. The van der Waals surface area contributed by atoms with Gasteiger partial charge >= 0.3 is 0 Å². The number of nitrogens with zero attached hydrogens (tertiary/aromatic N) is 1. The molecule has 0 aliphatic heterocycles. The summed E-state index contributed by atoms with van der Waals surface area (Å²) in [4.78, 5) is 17.8. The van der Waals surface area contributed by atoms with E-state index in [9.17, 15) is 4.79 Å².